The monoisotopic (exact) mass is 270 g/mol. The molecule has 17 heavy (non-hydrogen) atoms. The van der Waals surface area contributed by atoms with Gasteiger partial charge in [-0.2, -0.15) is 4.98 Å². The summed E-state index contributed by atoms with van der Waals surface area (Å²) in [4.78, 5) is 10.4. The van der Waals surface area contributed by atoms with Crippen LogP contribution in [0.2, 0.25) is 0 Å². The number of thiophene rings is 1. The zero-order valence-corrected chi connectivity index (χ0v) is 11.3. The topological polar surface area (TPSA) is 80.9 Å². The van der Waals surface area contributed by atoms with Crippen LogP contribution >= 0.6 is 11.3 Å². The van der Waals surface area contributed by atoms with E-state index in [0.29, 0.717) is 12.3 Å². The quantitative estimate of drug-likeness (QED) is 0.877. The normalized spacial score (nSPS) is 12.8. The van der Waals surface area contributed by atoms with Gasteiger partial charge in [-0.25, -0.2) is 4.98 Å². The van der Waals surface area contributed by atoms with Crippen LogP contribution in [0.4, 0.5) is 11.8 Å². The predicted molar refractivity (Wildman–Crippen MR) is 74.0 cm³/mol. The van der Waals surface area contributed by atoms with Crippen LogP contribution < -0.4 is 11.1 Å². The Morgan fingerprint density at radius 1 is 1.53 bits per heavy atom. The molecule has 5 nitrogen and oxygen atoms in total. The summed E-state index contributed by atoms with van der Waals surface area (Å²) in [6.45, 7) is 2.64. The van der Waals surface area contributed by atoms with E-state index in [1.807, 2.05) is 13.0 Å². The third kappa shape index (κ3) is 2.92. The van der Waals surface area contributed by atoms with Gasteiger partial charge >= 0.3 is 0 Å². The highest BCUT2D eigenvalue weighted by molar-refractivity contribution is 7.84. The Bertz CT molecular complexity index is 567. The third-order valence-corrected chi connectivity index (χ3v) is 3.94. The van der Waals surface area contributed by atoms with Crippen LogP contribution in [0, 0.1) is 6.92 Å². The molecule has 2 heterocycles. The summed E-state index contributed by atoms with van der Waals surface area (Å²) in [5, 5.41) is 4.13. The number of nitrogens with two attached hydrogens (primary N) is 1. The summed E-state index contributed by atoms with van der Waals surface area (Å²) in [5.41, 5.74) is 5.65. The summed E-state index contributed by atoms with van der Waals surface area (Å²) in [6.07, 6.45) is 1.68. The lowest BCUT2D eigenvalue weighted by Crippen LogP contribution is -2.11. The van der Waals surface area contributed by atoms with Gasteiger partial charge < -0.3 is 11.1 Å². The van der Waals surface area contributed by atoms with Gasteiger partial charge in [-0.05, 0) is 13.0 Å². The zero-order chi connectivity index (χ0) is 12.4. The average molecular weight is 270 g/mol. The number of hydrogen-bond acceptors (Lipinski definition) is 6. The molecule has 0 spiro atoms. The lowest BCUT2D eigenvalue weighted by atomic mass is 10.3. The molecule has 3 N–H and O–H groups in total. The maximum Gasteiger partial charge on any atom is 0.223 e. The smallest absolute Gasteiger partial charge is 0.223 e. The minimum Gasteiger partial charge on any atom is -0.368 e. The van der Waals surface area contributed by atoms with Crippen LogP contribution in [0.25, 0.3) is 10.2 Å². The van der Waals surface area contributed by atoms with Gasteiger partial charge in [-0.15, -0.1) is 11.3 Å². The highest BCUT2D eigenvalue weighted by Gasteiger charge is 2.08. The molecule has 1 atom stereocenters. The number of hydrogen-bond donors (Lipinski definition) is 2. The number of nitrogen functional groups attached to an aromatic ring is 1. The third-order valence-electron chi connectivity index (χ3n) is 2.22. The Morgan fingerprint density at radius 2 is 2.29 bits per heavy atom. The second-order valence-electron chi connectivity index (χ2n) is 3.71. The lowest BCUT2D eigenvalue weighted by Gasteiger charge is -2.06. The number of fused-ring (bicyclic) bond motifs is 1. The molecule has 0 aliphatic heterocycles. The number of aromatic nitrogens is 2. The average Bonchev–Trinajstić information content (AvgIpc) is 2.57. The first-order valence-corrected chi connectivity index (χ1v) is 7.68. The Balaban J connectivity index is 2.28. The molecule has 7 heteroatoms. The molecule has 0 radical (unpaired) electrons. The molecule has 0 aromatic carbocycles. The summed E-state index contributed by atoms with van der Waals surface area (Å²) in [5.74, 6) is 1.58. The maximum atomic E-state index is 11.0. The van der Waals surface area contributed by atoms with E-state index in [1.165, 1.54) is 4.88 Å². The maximum absolute atomic E-state index is 11.0. The first-order chi connectivity index (χ1) is 8.06. The SMILES string of the molecule is Cc1cc2c(NCCS(C)=O)nc(N)nc2s1. The van der Waals surface area contributed by atoms with Crippen LogP contribution in [0.5, 0.6) is 0 Å². The largest absolute Gasteiger partial charge is 0.368 e. The van der Waals surface area contributed by atoms with Gasteiger partial charge in [-0.3, -0.25) is 4.21 Å². The summed E-state index contributed by atoms with van der Waals surface area (Å²) in [6, 6.07) is 2.03. The standard InChI is InChI=1S/C10H14N4OS2/c1-6-5-7-8(12-3-4-17(2)15)13-10(11)14-9(7)16-6/h5H,3-4H2,1-2H3,(H3,11,12,13,14). The van der Waals surface area contributed by atoms with E-state index >= 15 is 0 Å². The van der Waals surface area contributed by atoms with Crippen molar-refractivity contribution in [3.63, 3.8) is 0 Å². The van der Waals surface area contributed by atoms with E-state index in [9.17, 15) is 4.21 Å². The minimum absolute atomic E-state index is 0.263. The van der Waals surface area contributed by atoms with E-state index < -0.39 is 10.8 Å². The van der Waals surface area contributed by atoms with Gasteiger partial charge in [0.2, 0.25) is 5.95 Å². The predicted octanol–water partition coefficient (Wildman–Crippen LogP) is 1.37. The van der Waals surface area contributed by atoms with Gasteiger partial charge in [-0.1, -0.05) is 0 Å². The Kier molecular flexibility index (Phi) is 3.58. The van der Waals surface area contributed by atoms with E-state index in [0.717, 1.165) is 16.0 Å². The van der Waals surface area contributed by atoms with E-state index in [4.69, 9.17) is 5.73 Å². The molecule has 1 unspecified atom stereocenters. The second kappa shape index (κ2) is 4.97. The number of anilines is 2. The Hall–Kier alpha value is -1.21. The zero-order valence-electron chi connectivity index (χ0n) is 9.69. The number of rotatable bonds is 4. The van der Waals surface area contributed by atoms with Crippen molar-refractivity contribution in [3.05, 3.63) is 10.9 Å². The first-order valence-electron chi connectivity index (χ1n) is 5.14. The van der Waals surface area contributed by atoms with Crippen LogP contribution in [0.15, 0.2) is 6.07 Å². The van der Waals surface area contributed by atoms with Gasteiger partial charge in [0.15, 0.2) is 0 Å². The molecule has 92 valence electrons. The number of aryl methyl sites for hydroxylation is 1. The van der Waals surface area contributed by atoms with Gasteiger partial charge in [0.25, 0.3) is 0 Å². The molecule has 2 aromatic rings. The fourth-order valence-electron chi connectivity index (χ4n) is 1.51. The first kappa shape index (κ1) is 12.3. The molecule has 0 bridgehead atoms. The van der Waals surface area contributed by atoms with Crippen molar-refractivity contribution in [2.45, 2.75) is 6.92 Å². The molecular weight excluding hydrogens is 256 g/mol. The molecule has 2 aromatic heterocycles. The second-order valence-corrected chi connectivity index (χ2v) is 6.50. The highest BCUT2D eigenvalue weighted by atomic mass is 32.2. The van der Waals surface area contributed by atoms with E-state index in [1.54, 1.807) is 17.6 Å². The minimum atomic E-state index is -0.808. The van der Waals surface area contributed by atoms with E-state index in [2.05, 4.69) is 15.3 Å². The van der Waals surface area contributed by atoms with E-state index in [-0.39, 0.29) is 5.95 Å². The van der Waals surface area contributed by atoms with Gasteiger partial charge in [0.05, 0.1) is 5.39 Å². The summed E-state index contributed by atoms with van der Waals surface area (Å²) >= 11 is 1.59. The van der Waals surface area contributed by atoms with Crippen molar-refractivity contribution in [2.75, 3.05) is 29.6 Å². The number of nitrogens with one attached hydrogen (secondary N) is 1. The number of nitrogens with zero attached hydrogens (tertiary/aromatic N) is 2. The van der Waals surface area contributed by atoms with Crippen molar-refractivity contribution in [1.82, 2.24) is 9.97 Å². The van der Waals surface area contributed by atoms with Gasteiger partial charge in [0, 0.05) is 34.2 Å². The Labute approximate surface area is 106 Å². The molecule has 0 fully saturated rings. The molecular formula is C10H14N4OS2. The van der Waals surface area contributed by atoms with Crippen LogP contribution in [-0.4, -0.2) is 32.7 Å². The summed E-state index contributed by atoms with van der Waals surface area (Å²) < 4.78 is 11.0. The van der Waals surface area contributed by atoms with Crippen molar-refractivity contribution >= 4 is 44.1 Å². The molecule has 0 aliphatic rings. The van der Waals surface area contributed by atoms with Crippen LogP contribution in [-0.2, 0) is 10.8 Å². The van der Waals surface area contributed by atoms with Gasteiger partial charge in [0.1, 0.15) is 10.6 Å². The molecule has 2 rings (SSSR count). The molecule has 0 saturated carbocycles. The molecule has 0 aliphatic carbocycles. The lowest BCUT2D eigenvalue weighted by molar-refractivity contribution is 0.687. The molecule has 0 amide bonds. The fourth-order valence-corrected chi connectivity index (χ4v) is 2.78. The molecule has 0 saturated heterocycles. The van der Waals surface area contributed by atoms with Crippen molar-refractivity contribution in [2.24, 2.45) is 0 Å². The van der Waals surface area contributed by atoms with Crippen LogP contribution in [0.3, 0.4) is 0 Å². The van der Waals surface area contributed by atoms with Crippen molar-refractivity contribution < 1.29 is 4.21 Å². The fraction of sp³-hybridized carbons (Fsp3) is 0.400. The van der Waals surface area contributed by atoms with Crippen LogP contribution in [0.1, 0.15) is 4.88 Å². The van der Waals surface area contributed by atoms with Crippen molar-refractivity contribution in [1.29, 1.82) is 0 Å². The summed E-state index contributed by atoms with van der Waals surface area (Å²) in [7, 11) is -0.808. The highest BCUT2D eigenvalue weighted by Crippen LogP contribution is 2.28. The van der Waals surface area contributed by atoms with Crippen molar-refractivity contribution in [3.8, 4) is 0 Å². The Morgan fingerprint density at radius 3 is 3.00 bits per heavy atom.